The Kier molecular flexibility index (Phi) is 4.94. The highest BCUT2D eigenvalue weighted by molar-refractivity contribution is 5.77. The van der Waals surface area contributed by atoms with E-state index >= 15 is 0 Å². The Balaban J connectivity index is 0.000000171. The van der Waals surface area contributed by atoms with Gasteiger partial charge in [0.2, 0.25) is 0 Å². The van der Waals surface area contributed by atoms with Gasteiger partial charge in [0.25, 0.3) is 0 Å². The number of nitrogens with zero attached hydrogens (tertiary/aromatic N) is 1. The van der Waals surface area contributed by atoms with Gasteiger partial charge in [0.05, 0.1) is 11.3 Å². The lowest BCUT2D eigenvalue weighted by Gasteiger charge is -1.94. The Hall–Kier alpha value is -2.10. The molecule has 4 nitrogen and oxygen atoms in total. The molecule has 0 spiro atoms. The number of carbonyl (C=O) groups is 1. The maximum absolute atomic E-state index is 10.2. The van der Waals surface area contributed by atoms with Crippen LogP contribution in [0.2, 0.25) is 0 Å². The summed E-state index contributed by atoms with van der Waals surface area (Å²) in [5.74, 6) is 0.586. The third kappa shape index (κ3) is 3.75. The van der Waals surface area contributed by atoms with E-state index in [2.05, 4.69) is 10.5 Å². The summed E-state index contributed by atoms with van der Waals surface area (Å²) in [5, 5.41) is 6.61. The fraction of sp³-hybridized carbons (Fsp3) is 0.231. The molecule has 4 heteroatoms. The molecule has 0 bridgehead atoms. The van der Waals surface area contributed by atoms with Crippen molar-refractivity contribution in [1.82, 2.24) is 5.16 Å². The van der Waals surface area contributed by atoms with E-state index in [0.29, 0.717) is 17.0 Å². The van der Waals surface area contributed by atoms with Gasteiger partial charge in [-0.1, -0.05) is 23.4 Å². The van der Waals surface area contributed by atoms with E-state index in [1.165, 1.54) is 0 Å². The Morgan fingerprint density at radius 3 is 2.18 bits per heavy atom. The number of carbonyl (C=O) groups excluding carboxylic acids is 1. The first kappa shape index (κ1) is 13.0. The molecule has 0 unspecified atom stereocenters. The molecule has 1 heterocycles. The minimum Gasteiger partial charge on any atom is -0.388 e. The van der Waals surface area contributed by atoms with Gasteiger partial charge in [-0.3, -0.25) is 4.79 Å². The molecule has 1 aromatic carbocycles. The van der Waals surface area contributed by atoms with Gasteiger partial charge in [-0.25, -0.2) is 0 Å². The van der Waals surface area contributed by atoms with E-state index in [1.807, 2.05) is 37.4 Å². The van der Waals surface area contributed by atoms with Crippen LogP contribution < -0.4 is 5.32 Å². The summed E-state index contributed by atoms with van der Waals surface area (Å²) in [6.45, 7) is 3.45. The largest absolute Gasteiger partial charge is 0.388 e. The molecule has 0 saturated heterocycles. The number of aldehydes is 1. The van der Waals surface area contributed by atoms with E-state index < -0.39 is 0 Å². The highest BCUT2D eigenvalue weighted by atomic mass is 16.5. The molecule has 0 aliphatic carbocycles. The third-order valence-electron chi connectivity index (χ3n) is 2.27. The third-order valence-corrected chi connectivity index (χ3v) is 2.27. The van der Waals surface area contributed by atoms with Crippen molar-refractivity contribution in [3.63, 3.8) is 0 Å². The van der Waals surface area contributed by atoms with Crippen molar-refractivity contribution in [2.45, 2.75) is 13.8 Å². The SMILES string of the molecule is CNc1ccccc1.Cc1noc(C)c1C=O. The molecule has 0 amide bonds. The second-order valence-electron chi connectivity index (χ2n) is 3.47. The van der Waals surface area contributed by atoms with E-state index in [-0.39, 0.29) is 0 Å². The molecule has 2 rings (SSSR count). The zero-order valence-electron chi connectivity index (χ0n) is 10.2. The van der Waals surface area contributed by atoms with Crippen molar-refractivity contribution in [2.24, 2.45) is 0 Å². The summed E-state index contributed by atoms with van der Waals surface area (Å²) in [7, 11) is 1.91. The molecule has 17 heavy (non-hydrogen) atoms. The average molecular weight is 232 g/mol. The second-order valence-corrected chi connectivity index (χ2v) is 3.47. The molecule has 1 aromatic heterocycles. The van der Waals surface area contributed by atoms with Gasteiger partial charge in [0.1, 0.15) is 5.76 Å². The molecule has 0 saturated carbocycles. The Morgan fingerprint density at radius 2 is 1.88 bits per heavy atom. The van der Waals surface area contributed by atoms with Crippen LogP contribution in [0.5, 0.6) is 0 Å². The number of benzene rings is 1. The van der Waals surface area contributed by atoms with Crippen LogP contribution in [-0.2, 0) is 0 Å². The van der Waals surface area contributed by atoms with E-state index in [4.69, 9.17) is 4.52 Å². The Bertz CT molecular complexity index is 444. The predicted molar refractivity (Wildman–Crippen MR) is 67.4 cm³/mol. The predicted octanol–water partition coefficient (Wildman–Crippen LogP) is 2.83. The van der Waals surface area contributed by atoms with E-state index in [1.54, 1.807) is 13.8 Å². The average Bonchev–Trinajstić information content (AvgIpc) is 2.70. The number of aryl methyl sites for hydroxylation is 2. The molecular formula is C13H16N2O2. The van der Waals surface area contributed by atoms with Gasteiger partial charge in [-0.15, -0.1) is 0 Å². The molecule has 0 aliphatic rings. The normalized spacial score (nSPS) is 9.12. The lowest BCUT2D eigenvalue weighted by atomic mass is 10.2. The molecule has 0 aliphatic heterocycles. The molecule has 0 radical (unpaired) electrons. The number of hydrogen-bond donors (Lipinski definition) is 1. The van der Waals surface area contributed by atoms with Crippen LogP contribution in [-0.4, -0.2) is 18.5 Å². The van der Waals surface area contributed by atoms with Crippen LogP contribution in [0.4, 0.5) is 5.69 Å². The summed E-state index contributed by atoms with van der Waals surface area (Å²) >= 11 is 0. The first-order chi connectivity index (χ1) is 8.19. The van der Waals surface area contributed by atoms with E-state index in [0.717, 1.165) is 12.0 Å². The van der Waals surface area contributed by atoms with Crippen molar-refractivity contribution in [1.29, 1.82) is 0 Å². The standard InChI is InChI=1S/C7H9N.C6H7NO2/c1-8-7-5-3-2-4-6-7;1-4-6(3-8)5(2)9-7-4/h2-6,8H,1H3;3H,1-2H3. The topological polar surface area (TPSA) is 55.1 Å². The Morgan fingerprint density at radius 1 is 1.24 bits per heavy atom. The monoisotopic (exact) mass is 232 g/mol. The number of nitrogens with one attached hydrogen (secondary N) is 1. The van der Waals surface area contributed by atoms with Crippen LogP contribution in [0.1, 0.15) is 21.8 Å². The van der Waals surface area contributed by atoms with Crippen LogP contribution in [0.25, 0.3) is 0 Å². The number of para-hydroxylation sites is 1. The van der Waals surface area contributed by atoms with Crippen molar-refractivity contribution < 1.29 is 9.32 Å². The van der Waals surface area contributed by atoms with Crippen molar-refractivity contribution in [2.75, 3.05) is 12.4 Å². The molecule has 0 fully saturated rings. The summed E-state index contributed by atoms with van der Waals surface area (Å²) in [6.07, 6.45) is 0.751. The van der Waals surface area contributed by atoms with Gasteiger partial charge in [-0.05, 0) is 26.0 Å². The van der Waals surface area contributed by atoms with Gasteiger partial charge < -0.3 is 9.84 Å². The maximum atomic E-state index is 10.2. The zero-order chi connectivity index (χ0) is 12.7. The smallest absolute Gasteiger partial charge is 0.155 e. The number of rotatable bonds is 2. The number of hydrogen-bond acceptors (Lipinski definition) is 4. The fourth-order valence-electron chi connectivity index (χ4n) is 1.26. The van der Waals surface area contributed by atoms with Gasteiger partial charge in [0, 0.05) is 12.7 Å². The molecule has 2 aromatic rings. The minimum atomic E-state index is 0.565. The first-order valence-electron chi connectivity index (χ1n) is 5.30. The maximum Gasteiger partial charge on any atom is 0.155 e. The quantitative estimate of drug-likeness (QED) is 0.809. The molecule has 90 valence electrons. The summed E-state index contributed by atoms with van der Waals surface area (Å²) in [4.78, 5) is 10.2. The highest BCUT2D eigenvalue weighted by Gasteiger charge is 2.05. The second kappa shape index (κ2) is 6.48. The lowest BCUT2D eigenvalue weighted by molar-refractivity contribution is 0.112. The van der Waals surface area contributed by atoms with Gasteiger partial charge >= 0.3 is 0 Å². The molecule has 1 N–H and O–H groups in total. The van der Waals surface area contributed by atoms with Crippen LogP contribution in [0.3, 0.4) is 0 Å². The van der Waals surface area contributed by atoms with Crippen molar-refractivity contribution in [3.05, 3.63) is 47.3 Å². The highest BCUT2D eigenvalue weighted by Crippen LogP contribution is 2.07. The number of anilines is 1. The van der Waals surface area contributed by atoms with E-state index in [9.17, 15) is 4.79 Å². The van der Waals surface area contributed by atoms with Gasteiger partial charge in [0.15, 0.2) is 6.29 Å². The van der Waals surface area contributed by atoms with Crippen molar-refractivity contribution >= 4 is 12.0 Å². The minimum absolute atomic E-state index is 0.565. The lowest BCUT2D eigenvalue weighted by Crippen LogP contribution is -1.84. The first-order valence-corrected chi connectivity index (χ1v) is 5.30. The zero-order valence-corrected chi connectivity index (χ0v) is 10.2. The van der Waals surface area contributed by atoms with Gasteiger partial charge in [-0.2, -0.15) is 0 Å². The fourth-order valence-corrected chi connectivity index (χ4v) is 1.26. The summed E-state index contributed by atoms with van der Waals surface area (Å²) < 4.78 is 4.70. The molecular weight excluding hydrogens is 216 g/mol. The van der Waals surface area contributed by atoms with Crippen LogP contribution in [0.15, 0.2) is 34.9 Å². The summed E-state index contributed by atoms with van der Waals surface area (Å²) in [6, 6.07) is 10.1. The Labute approximate surface area is 101 Å². The summed E-state index contributed by atoms with van der Waals surface area (Å²) in [5.41, 5.74) is 2.38. The number of aromatic nitrogens is 1. The van der Waals surface area contributed by atoms with Crippen LogP contribution in [0, 0.1) is 13.8 Å². The van der Waals surface area contributed by atoms with Crippen LogP contribution >= 0.6 is 0 Å². The van der Waals surface area contributed by atoms with Crippen molar-refractivity contribution in [3.8, 4) is 0 Å². The molecule has 0 atom stereocenters.